The predicted octanol–water partition coefficient (Wildman–Crippen LogP) is 3.61. The van der Waals surface area contributed by atoms with Gasteiger partial charge >= 0.3 is 0 Å². The van der Waals surface area contributed by atoms with Crippen LogP contribution in [0.1, 0.15) is 38.2 Å². The highest BCUT2D eigenvalue weighted by Gasteiger charge is 1.89. The molecule has 0 bridgehead atoms. The third-order valence-corrected chi connectivity index (χ3v) is 2.02. The van der Waals surface area contributed by atoms with Gasteiger partial charge in [0.15, 0.2) is 0 Å². The van der Waals surface area contributed by atoms with E-state index in [-0.39, 0.29) is 0 Å². The molecule has 0 saturated heterocycles. The molecule has 0 N–H and O–H groups in total. The first-order valence-electron chi connectivity index (χ1n) is 5.35. The third-order valence-electron chi connectivity index (χ3n) is 2.02. The van der Waals surface area contributed by atoms with Crippen LogP contribution < -0.4 is 0 Å². The van der Waals surface area contributed by atoms with Gasteiger partial charge in [-0.3, -0.25) is 0 Å². The minimum absolute atomic E-state index is 1.02. The van der Waals surface area contributed by atoms with E-state index < -0.39 is 0 Å². The van der Waals surface area contributed by atoms with Crippen LogP contribution in [0.5, 0.6) is 0 Å². The van der Waals surface area contributed by atoms with E-state index in [0.29, 0.717) is 0 Å². The van der Waals surface area contributed by atoms with Crippen molar-refractivity contribution in [3.63, 3.8) is 0 Å². The third kappa shape index (κ3) is 4.72. The minimum Gasteiger partial charge on any atom is -0.103 e. The molecular weight excluding hydrogens is 168 g/mol. The lowest BCUT2D eigenvalue weighted by atomic mass is 10.1. The van der Waals surface area contributed by atoms with Crippen LogP contribution in [0.3, 0.4) is 0 Å². The quantitative estimate of drug-likeness (QED) is 0.496. The van der Waals surface area contributed by atoms with Gasteiger partial charge in [0.1, 0.15) is 0 Å². The number of aryl methyl sites for hydroxylation is 1. The van der Waals surface area contributed by atoms with E-state index >= 15 is 0 Å². The first-order chi connectivity index (χ1) is 6.93. The molecule has 0 unspecified atom stereocenters. The van der Waals surface area contributed by atoms with Gasteiger partial charge in [0, 0.05) is 12.8 Å². The average molecular weight is 185 g/mol. The molecule has 1 radical (unpaired) electrons. The zero-order chi connectivity index (χ0) is 10.1. The standard InChI is InChI=1S/C14H17/c1-2-3-4-5-6-8-11-14-12-9-7-10-13-14/h7,9-10,12H,2-3,6,8,11H2,1H3. The molecule has 0 aliphatic carbocycles. The summed E-state index contributed by atoms with van der Waals surface area (Å²) in [6, 6.07) is 11.4. The highest BCUT2D eigenvalue weighted by Crippen LogP contribution is 2.02. The van der Waals surface area contributed by atoms with Crippen LogP contribution in [-0.4, -0.2) is 0 Å². The lowest BCUT2D eigenvalue weighted by molar-refractivity contribution is 0.854. The van der Waals surface area contributed by atoms with Crippen LogP contribution in [0.15, 0.2) is 24.3 Å². The van der Waals surface area contributed by atoms with Gasteiger partial charge in [0.05, 0.1) is 0 Å². The molecule has 1 aromatic rings. The van der Waals surface area contributed by atoms with E-state index in [0.717, 1.165) is 25.7 Å². The molecule has 0 spiro atoms. The molecule has 14 heavy (non-hydrogen) atoms. The Labute approximate surface area is 87.4 Å². The Hall–Kier alpha value is -1.22. The van der Waals surface area contributed by atoms with Crippen LogP contribution in [0.2, 0.25) is 0 Å². The molecule has 0 saturated carbocycles. The molecular formula is C14H17. The summed E-state index contributed by atoms with van der Waals surface area (Å²) < 4.78 is 0. The zero-order valence-corrected chi connectivity index (χ0v) is 8.84. The predicted molar refractivity (Wildman–Crippen MR) is 60.9 cm³/mol. The van der Waals surface area contributed by atoms with Crippen molar-refractivity contribution in [2.75, 3.05) is 0 Å². The van der Waals surface area contributed by atoms with E-state index in [1.54, 1.807) is 0 Å². The van der Waals surface area contributed by atoms with Gasteiger partial charge in [-0.15, -0.1) is 11.8 Å². The molecule has 0 nitrogen and oxygen atoms in total. The summed E-state index contributed by atoms with van der Waals surface area (Å²) in [5, 5.41) is 0. The van der Waals surface area contributed by atoms with Crippen molar-refractivity contribution in [3.05, 3.63) is 35.9 Å². The molecule has 0 heteroatoms. The number of rotatable bonds is 4. The topological polar surface area (TPSA) is 0 Å². The fourth-order valence-electron chi connectivity index (χ4n) is 1.26. The van der Waals surface area contributed by atoms with Gasteiger partial charge in [0.25, 0.3) is 0 Å². The first-order valence-corrected chi connectivity index (χ1v) is 5.35. The SMILES string of the molecule is CCCC#CCCCc1[c]cccc1. The van der Waals surface area contributed by atoms with Crippen molar-refractivity contribution >= 4 is 0 Å². The van der Waals surface area contributed by atoms with E-state index in [1.165, 1.54) is 12.0 Å². The maximum absolute atomic E-state index is 3.22. The fraction of sp³-hybridized carbons (Fsp3) is 0.429. The molecule has 1 rings (SSSR count). The second kappa shape index (κ2) is 7.21. The van der Waals surface area contributed by atoms with Crippen LogP contribution >= 0.6 is 0 Å². The Morgan fingerprint density at radius 3 is 2.79 bits per heavy atom. The maximum atomic E-state index is 3.22. The molecule has 0 atom stereocenters. The van der Waals surface area contributed by atoms with Crippen LogP contribution in [0.25, 0.3) is 0 Å². The Morgan fingerprint density at radius 2 is 2.07 bits per heavy atom. The number of hydrogen-bond acceptors (Lipinski definition) is 0. The van der Waals surface area contributed by atoms with E-state index in [4.69, 9.17) is 0 Å². The monoisotopic (exact) mass is 185 g/mol. The number of unbranched alkanes of at least 4 members (excludes halogenated alkanes) is 2. The van der Waals surface area contributed by atoms with Crippen molar-refractivity contribution in [2.24, 2.45) is 0 Å². The van der Waals surface area contributed by atoms with E-state index in [1.807, 2.05) is 12.1 Å². The van der Waals surface area contributed by atoms with Crippen molar-refractivity contribution in [2.45, 2.75) is 39.0 Å². The van der Waals surface area contributed by atoms with Crippen molar-refractivity contribution < 1.29 is 0 Å². The molecule has 0 aromatic heterocycles. The highest BCUT2D eigenvalue weighted by atomic mass is 13.9. The van der Waals surface area contributed by atoms with Gasteiger partial charge in [-0.25, -0.2) is 0 Å². The largest absolute Gasteiger partial charge is 0.103 e. The van der Waals surface area contributed by atoms with Crippen LogP contribution in [0.4, 0.5) is 0 Å². The minimum atomic E-state index is 1.02. The van der Waals surface area contributed by atoms with Gasteiger partial charge < -0.3 is 0 Å². The lowest BCUT2D eigenvalue weighted by Crippen LogP contribution is -1.83. The molecule has 0 aliphatic heterocycles. The zero-order valence-electron chi connectivity index (χ0n) is 8.84. The second-order valence-electron chi connectivity index (χ2n) is 3.34. The van der Waals surface area contributed by atoms with Gasteiger partial charge in [0.2, 0.25) is 0 Å². The van der Waals surface area contributed by atoms with E-state index in [9.17, 15) is 0 Å². The molecule has 0 fully saturated rings. The summed E-state index contributed by atoms with van der Waals surface area (Å²) in [6.07, 6.45) is 5.47. The highest BCUT2D eigenvalue weighted by molar-refractivity contribution is 5.13. The summed E-state index contributed by atoms with van der Waals surface area (Å²) in [5.74, 6) is 6.35. The normalized spacial score (nSPS) is 9.21. The smallest absolute Gasteiger partial charge is 0.00918 e. The molecule has 1 aromatic carbocycles. The molecule has 0 amide bonds. The van der Waals surface area contributed by atoms with Crippen molar-refractivity contribution in [1.82, 2.24) is 0 Å². The molecule has 0 aliphatic rings. The van der Waals surface area contributed by atoms with E-state index in [2.05, 4.69) is 37.0 Å². The summed E-state index contributed by atoms with van der Waals surface area (Å²) in [7, 11) is 0. The van der Waals surface area contributed by atoms with Crippen molar-refractivity contribution in [3.8, 4) is 11.8 Å². The number of benzene rings is 1. The maximum Gasteiger partial charge on any atom is 0.00918 e. The van der Waals surface area contributed by atoms with Gasteiger partial charge in [-0.2, -0.15) is 0 Å². The summed E-state index contributed by atoms with van der Waals surface area (Å²) in [5.41, 5.74) is 1.30. The molecule has 73 valence electrons. The van der Waals surface area contributed by atoms with Gasteiger partial charge in [-0.05, 0) is 30.9 Å². The molecule has 0 heterocycles. The van der Waals surface area contributed by atoms with Crippen molar-refractivity contribution in [1.29, 1.82) is 0 Å². The summed E-state index contributed by atoms with van der Waals surface area (Å²) in [6.45, 7) is 2.16. The average Bonchev–Trinajstić information content (AvgIpc) is 2.25. The fourth-order valence-corrected chi connectivity index (χ4v) is 1.26. The second-order valence-corrected chi connectivity index (χ2v) is 3.34. The summed E-state index contributed by atoms with van der Waals surface area (Å²) in [4.78, 5) is 0. The lowest BCUT2D eigenvalue weighted by Gasteiger charge is -1.96. The van der Waals surface area contributed by atoms with Gasteiger partial charge in [-0.1, -0.05) is 31.2 Å². The van der Waals surface area contributed by atoms with Crippen LogP contribution in [-0.2, 0) is 6.42 Å². The Bertz CT molecular complexity index is 287. The first kappa shape index (κ1) is 10.9. The van der Waals surface area contributed by atoms with Crippen LogP contribution in [0, 0.1) is 17.9 Å². The Balaban J connectivity index is 2.14. The Morgan fingerprint density at radius 1 is 1.21 bits per heavy atom. The Kier molecular flexibility index (Phi) is 5.59. The number of hydrogen-bond donors (Lipinski definition) is 0. The summed E-state index contributed by atoms with van der Waals surface area (Å²) >= 11 is 0.